The van der Waals surface area contributed by atoms with Crippen molar-refractivity contribution in [2.45, 2.75) is 44.9 Å². The molecule has 31 heavy (non-hydrogen) atoms. The first-order valence-electron chi connectivity index (χ1n) is 11.2. The molecule has 1 spiro atoms. The Kier molecular flexibility index (Phi) is 5.04. The second-order valence-electron chi connectivity index (χ2n) is 8.97. The van der Waals surface area contributed by atoms with Crippen LogP contribution in [0.2, 0.25) is 0 Å². The van der Waals surface area contributed by atoms with Gasteiger partial charge in [-0.25, -0.2) is 4.98 Å². The Labute approximate surface area is 181 Å². The van der Waals surface area contributed by atoms with Gasteiger partial charge >= 0.3 is 0 Å². The lowest BCUT2D eigenvalue weighted by atomic mass is 9.76. The van der Waals surface area contributed by atoms with Crippen LogP contribution in [-0.2, 0) is 16.6 Å². The van der Waals surface area contributed by atoms with Gasteiger partial charge in [-0.2, -0.15) is 0 Å². The topological polar surface area (TPSA) is 91.4 Å². The number of nitrogens with zero attached hydrogens (tertiary/aromatic N) is 4. The largest absolute Gasteiger partial charge is 0.378 e. The molecule has 8 nitrogen and oxygen atoms in total. The van der Waals surface area contributed by atoms with E-state index in [2.05, 4.69) is 14.9 Å². The zero-order valence-electron chi connectivity index (χ0n) is 18.2. The monoisotopic (exact) mass is 423 g/mol. The van der Waals surface area contributed by atoms with Gasteiger partial charge in [0.25, 0.3) is 11.5 Å². The van der Waals surface area contributed by atoms with Crippen LogP contribution < -0.4 is 10.5 Å². The van der Waals surface area contributed by atoms with Gasteiger partial charge in [0.05, 0.1) is 30.2 Å². The molecule has 0 saturated carbocycles. The summed E-state index contributed by atoms with van der Waals surface area (Å²) >= 11 is 0. The average Bonchev–Trinajstić information content (AvgIpc) is 3.13. The summed E-state index contributed by atoms with van der Waals surface area (Å²) in [5.74, 6) is 0.708. The van der Waals surface area contributed by atoms with E-state index < -0.39 is 0 Å². The molecular weight excluding hydrogens is 394 g/mol. The predicted octanol–water partition coefficient (Wildman–Crippen LogP) is 1.74. The Morgan fingerprint density at radius 1 is 1.06 bits per heavy atom. The number of rotatable bonds is 2. The molecule has 0 atom stereocenters. The van der Waals surface area contributed by atoms with Gasteiger partial charge in [-0.1, -0.05) is 0 Å². The number of carbonyl (C=O) groups excluding carboxylic acids is 1. The summed E-state index contributed by atoms with van der Waals surface area (Å²) in [6.07, 6.45) is 3.36. The van der Waals surface area contributed by atoms with Crippen molar-refractivity contribution in [3.63, 3.8) is 0 Å². The number of morpholine rings is 1. The highest BCUT2D eigenvalue weighted by atomic mass is 16.5. The maximum absolute atomic E-state index is 13.1. The minimum absolute atomic E-state index is 0.0109. The molecule has 2 fully saturated rings. The number of likely N-dealkylation sites (tertiary alicyclic amines) is 1. The third-order valence-electron chi connectivity index (χ3n) is 7.13. The number of nitrogens with one attached hydrogen (secondary N) is 1. The van der Waals surface area contributed by atoms with Crippen molar-refractivity contribution in [3.05, 3.63) is 50.7 Å². The Hall–Kier alpha value is -2.74. The predicted molar refractivity (Wildman–Crippen MR) is 117 cm³/mol. The van der Waals surface area contributed by atoms with Crippen molar-refractivity contribution in [2.75, 3.05) is 44.3 Å². The molecule has 0 bridgehead atoms. The van der Waals surface area contributed by atoms with E-state index >= 15 is 0 Å². The van der Waals surface area contributed by atoms with Crippen LogP contribution in [-0.4, -0.2) is 65.2 Å². The van der Waals surface area contributed by atoms with E-state index in [1.807, 2.05) is 30.9 Å². The highest BCUT2D eigenvalue weighted by Crippen LogP contribution is 2.44. The number of carbonyl (C=O) groups is 1. The smallest absolute Gasteiger partial charge is 0.255 e. The summed E-state index contributed by atoms with van der Waals surface area (Å²) in [6, 6.07) is 3.77. The standard InChI is InChI=1S/C23H29N5O3/c1-15-3-4-17(16(2)24-15)21(30)27-9-7-23(8-10-27)6-5-18-19(23)25-22(26-20(18)29)28-11-13-31-14-12-28/h3-4H,5-14H2,1-2H3,(H,25,26,29). The van der Waals surface area contributed by atoms with E-state index in [4.69, 9.17) is 9.72 Å². The lowest BCUT2D eigenvalue weighted by Gasteiger charge is -2.39. The van der Waals surface area contributed by atoms with Gasteiger partial charge in [0.15, 0.2) is 0 Å². The molecule has 3 aliphatic rings. The SMILES string of the molecule is Cc1ccc(C(=O)N2CCC3(CCc4c3nc(N3CCOCC3)[nH]c4=O)CC2)c(C)n1. The molecule has 0 aromatic carbocycles. The highest BCUT2D eigenvalue weighted by molar-refractivity contribution is 5.95. The molecule has 1 aliphatic carbocycles. The summed E-state index contributed by atoms with van der Waals surface area (Å²) in [5.41, 5.74) is 4.04. The first kappa shape index (κ1) is 20.2. The van der Waals surface area contributed by atoms with Gasteiger partial charge in [-0.15, -0.1) is 0 Å². The van der Waals surface area contributed by atoms with Crippen molar-refractivity contribution in [1.29, 1.82) is 0 Å². The van der Waals surface area contributed by atoms with E-state index in [0.717, 1.165) is 61.4 Å². The van der Waals surface area contributed by atoms with Crippen LogP contribution in [0.1, 0.15) is 52.3 Å². The zero-order chi connectivity index (χ0) is 21.6. The minimum atomic E-state index is -0.109. The molecule has 164 valence electrons. The molecule has 1 amide bonds. The van der Waals surface area contributed by atoms with E-state index in [9.17, 15) is 9.59 Å². The first-order valence-corrected chi connectivity index (χ1v) is 11.2. The number of aromatic nitrogens is 3. The summed E-state index contributed by atoms with van der Waals surface area (Å²) in [6.45, 7) is 7.94. The maximum atomic E-state index is 13.1. The number of amides is 1. The highest BCUT2D eigenvalue weighted by Gasteiger charge is 2.45. The van der Waals surface area contributed by atoms with Crippen molar-refractivity contribution in [1.82, 2.24) is 19.9 Å². The third-order valence-corrected chi connectivity index (χ3v) is 7.13. The molecule has 5 rings (SSSR count). The summed E-state index contributed by atoms with van der Waals surface area (Å²) in [5, 5.41) is 0. The summed E-state index contributed by atoms with van der Waals surface area (Å²) in [7, 11) is 0. The lowest BCUT2D eigenvalue weighted by molar-refractivity contribution is 0.0662. The lowest BCUT2D eigenvalue weighted by Crippen LogP contribution is -2.45. The zero-order valence-corrected chi connectivity index (χ0v) is 18.2. The molecule has 1 N–H and O–H groups in total. The van der Waals surface area contributed by atoms with E-state index in [1.165, 1.54) is 0 Å². The molecule has 2 aromatic rings. The maximum Gasteiger partial charge on any atom is 0.255 e. The van der Waals surface area contributed by atoms with Crippen molar-refractivity contribution < 1.29 is 9.53 Å². The molecule has 4 heterocycles. The fraction of sp³-hybridized carbons (Fsp3) is 0.565. The van der Waals surface area contributed by atoms with Crippen LogP contribution in [0.25, 0.3) is 0 Å². The van der Waals surface area contributed by atoms with E-state index in [-0.39, 0.29) is 16.9 Å². The van der Waals surface area contributed by atoms with Crippen molar-refractivity contribution >= 4 is 11.9 Å². The number of piperidine rings is 1. The Bertz CT molecular complexity index is 1070. The summed E-state index contributed by atoms with van der Waals surface area (Å²) in [4.78, 5) is 42.3. The number of hydrogen-bond donors (Lipinski definition) is 1. The fourth-order valence-electron chi connectivity index (χ4n) is 5.27. The third kappa shape index (κ3) is 3.52. The number of aromatic amines is 1. The number of aryl methyl sites for hydroxylation is 2. The van der Waals surface area contributed by atoms with Crippen LogP contribution >= 0.6 is 0 Å². The van der Waals surface area contributed by atoms with Gasteiger partial charge in [0.2, 0.25) is 5.95 Å². The summed E-state index contributed by atoms with van der Waals surface area (Å²) < 4.78 is 5.44. The number of H-pyrrole nitrogens is 1. The van der Waals surface area contributed by atoms with Crippen LogP contribution in [0.5, 0.6) is 0 Å². The van der Waals surface area contributed by atoms with E-state index in [0.29, 0.717) is 37.8 Å². The van der Waals surface area contributed by atoms with Crippen LogP contribution in [0, 0.1) is 13.8 Å². The van der Waals surface area contributed by atoms with Gasteiger partial charge in [0, 0.05) is 42.9 Å². The Morgan fingerprint density at radius 3 is 2.52 bits per heavy atom. The molecule has 2 aromatic heterocycles. The molecule has 2 saturated heterocycles. The Balaban J connectivity index is 1.37. The molecule has 0 unspecified atom stereocenters. The quantitative estimate of drug-likeness (QED) is 0.791. The van der Waals surface area contributed by atoms with Gasteiger partial charge in [-0.3, -0.25) is 19.6 Å². The molecule has 2 aliphatic heterocycles. The van der Waals surface area contributed by atoms with Crippen LogP contribution in [0.15, 0.2) is 16.9 Å². The number of anilines is 1. The normalized spacial score (nSPS) is 20.2. The number of ether oxygens (including phenoxy) is 1. The average molecular weight is 424 g/mol. The fourth-order valence-corrected chi connectivity index (χ4v) is 5.27. The second-order valence-corrected chi connectivity index (χ2v) is 8.97. The number of fused-ring (bicyclic) bond motifs is 2. The van der Waals surface area contributed by atoms with Crippen LogP contribution in [0.4, 0.5) is 5.95 Å². The minimum Gasteiger partial charge on any atom is -0.378 e. The second kappa shape index (κ2) is 7.75. The molecular formula is C23H29N5O3. The molecule has 8 heteroatoms. The van der Waals surface area contributed by atoms with Gasteiger partial charge in [-0.05, 0) is 51.7 Å². The van der Waals surface area contributed by atoms with Crippen molar-refractivity contribution in [2.24, 2.45) is 0 Å². The Morgan fingerprint density at radius 2 is 1.81 bits per heavy atom. The van der Waals surface area contributed by atoms with Crippen LogP contribution in [0.3, 0.4) is 0 Å². The number of pyridine rings is 1. The van der Waals surface area contributed by atoms with Gasteiger partial charge in [0.1, 0.15) is 0 Å². The van der Waals surface area contributed by atoms with Crippen molar-refractivity contribution in [3.8, 4) is 0 Å². The van der Waals surface area contributed by atoms with Gasteiger partial charge < -0.3 is 14.5 Å². The first-order chi connectivity index (χ1) is 15.0. The van der Waals surface area contributed by atoms with E-state index in [1.54, 1.807) is 0 Å². The number of hydrogen-bond acceptors (Lipinski definition) is 6. The molecule has 0 radical (unpaired) electrons.